The van der Waals surface area contributed by atoms with Gasteiger partial charge in [0.05, 0.1) is 6.04 Å². The van der Waals surface area contributed by atoms with E-state index in [0.29, 0.717) is 5.92 Å². The van der Waals surface area contributed by atoms with E-state index in [2.05, 4.69) is 65.1 Å². The number of hydrogen-bond acceptors (Lipinski definition) is 4. The highest BCUT2D eigenvalue weighted by atomic mass is 16.5. The van der Waals surface area contributed by atoms with Crippen molar-refractivity contribution in [2.75, 3.05) is 6.54 Å². The monoisotopic (exact) mass is 310 g/mol. The zero-order chi connectivity index (χ0) is 16.0. The first-order valence-electron chi connectivity index (χ1n) is 8.29. The van der Waals surface area contributed by atoms with Crippen LogP contribution >= 0.6 is 0 Å². The van der Waals surface area contributed by atoms with E-state index < -0.39 is 0 Å². The molecule has 120 valence electrons. The zero-order valence-electron chi connectivity index (χ0n) is 13.8. The van der Waals surface area contributed by atoms with Crippen LogP contribution in [0.3, 0.4) is 0 Å². The molecule has 5 heteroatoms. The number of nitrogens with zero attached hydrogens (tertiary/aromatic N) is 3. The Morgan fingerprint density at radius 2 is 2.04 bits per heavy atom. The predicted octanol–water partition coefficient (Wildman–Crippen LogP) is 3.79. The number of hydrogen-bond donors (Lipinski definition) is 1. The van der Waals surface area contributed by atoms with Crippen molar-refractivity contribution in [1.82, 2.24) is 20.0 Å². The first kappa shape index (κ1) is 14.5. The van der Waals surface area contributed by atoms with Gasteiger partial charge in [-0.2, -0.15) is 4.98 Å². The molecule has 4 rings (SSSR count). The molecule has 0 bridgehead atoms. The summed E-state index contributed by atoms with van der Waals surface area (Å²) in [6.45, 7) is 8.23. The molecule has 0 saturated heterocycles. The fraction of sp³-hybridized carbons (Fsp3) is 0.444. The number of nitrogens with one attached hydrogen (secondary N) is 1. The van der Waals surface area contributed by atoms with Gasteiger partial charge in [-0.15, -0.1) is 0 Å². The predicted molar refractivity (Wildman–Crippen MR) is 89.2 cm³/mol. The van der Waals surface area contributed by atoms with Crippen LogP contribution < -0.4 is 0 Å². The summed E-state index contributed by atoms with van der Waals surface area (Å²) in [5.41, 5.74) is 4.00. The van der Waals surface area contributed by atoms with Gasteiger partial charge in [-0.1, -0.05) is 37.2 Å². The van der Waals surface area contributed by atoms with Crippen LogP contribution in [0, 0.1) is 0 Å². The second kappa shape index (κ2) is 5.49. The third kappa shape index (κ3) is 2.45. The van der Waals surface area contributed by atoms with Gasteiger partial charge in [-0.05, 0) is 18.6 Å². The first-order valence-corrected chi connectivity index (χ1v) is 8.29. The van der Waals surface area contributed by atoms with Gasteiger partial charge in [-0.3, -0.25) is 4.90 Å². The fourth-order valence-electron chi connectivity index (χ4n) is 3.33. The van der Waals surface area contributed by atoms with Crippen LogP contribution in [0.25, 0.3) is 10.9 Å². The number of aromatic amines is 1. The van der Waals surface area contributed by atoms with E-state index in [4.69, 9.17) is 4.52 Å². The van der Waals surface area contributed by atoms with Gasteiger partial charge in [0.15, 0.2) is 5.82 Å². The lowest BCUT2D eigenvalue weighted by atomic mass is 10.0. The SMILES string of the molecule is CC(C)c1noc([C@H](C)N2CCc3[nH]c4ccccc4c3C2)n1. The Morgan fingerprint density at radius 3 is 2.83 bits per heavy atom. The lowest BCUT2D eigenvalue weighted by Gasteiger charge is -2.30. The summed E-state index contributed by atoms with van der Waals surface area (Å²) in [7, 11) is 0. The summed E-state index contributed by atoms with van der Waals surface area (Å²) < 4.78 is 5.49. The minimum atomic E-state index is 0.136. The molecule has 23 heavy (non-hydrogen) atoms. The molecule has 0 amide bonds. The van der Waals surface area contributed by atoms with E-state index in [1.807, 2.05) is 0 Å². The van der Waals surface area contributed by atoms with Crippen molar-refractivity contribution in [3.63, 3.8) is 0 Å². The zero-order valence-corrected chi connectivity index (χ0v) is 13.8. The summed E-state index contributed by atoms with van der Waals surface area (Å²) in [5.74, 6) is 1.80. The maximum absolute atomic E-state index is 5.49. The highest BCUT2D eigenvalue weighted by Gasteiger charge is 2.27. The van der Waals surface area contributed by atoms with Gasteiger partial charge < -0.3 is 9.51 Å². The van der Waals surface area contributed by atoms with Crippen LogP contribution in [-0.2, 0) is 13.0 Å². The quantitative estimate of drug-likeness (QED) is 0.799. The average Bonchev–Trinajstić information content (AvgIpc) is 3.18. The van der Waals surface area contributed by atoms with Gasteiger partial charge >= 0.3 is 0 Å². The highest BCUT2D eigenvalue weighted by molar-refractivity contribution is 5.84. The fourth-order valence-corrected chi connectivity index (χ4v) is 3.33. The normalized spacial score (nSPS) is 16.9. The van der Waals surface area contributed by atoms with Crippen molar-refractivity contribution in [3.8, 4) is 0 Å². The molecule has 0 saturated carbocycles. The molecule has 1 atom stereocenters. The van der Waals surface area contributed by atoms with E-state index in [-0.39, 0.29) is 6.04 Å². The standard InChI is InChI=1S/C18H22N4O/c1-11(2)17-20-18(23-21-17)12(3)22-9-8-16-14(10-22)13-6-4-5-7-15(13)19-16/h4-7,11-12,19H,8-10H2,1-3H3/t12-/m0/s1. The van der Waals surface area contributed by atoms with E-state index >= 15 is 0 Å². The Bertz CT molecular complexity index is 833. The highest BCUT2D eigenvalue weighted by Crippen LogP contribution is 2.31. The second-order valence-corrected chi connectivity index (χ2v) is 6.67. The van der Waals surface area contributed by atoms with Crippen molar-refractivity contribution in [2.24, 2.45) is 0 Å². The summed E-state index contributed by atoms with van der Waals surface area (Å²) in [5, 5.41) is 5.42. The number of para-hydroxylation sites is 1. The maximum atomic E-state index is 5.49. The van der Waals surface area contributed by atoms with Gasteiger partial charge in [0.1, 0.15) is 0 Å². The molecule has 2 aromatic heterocycles. The first-order chi connectivity index (χ1) is 11.1. The molecule has 3 aromatic rings. The molecular weight excluding hydrogens is 288 g/mol. The van der Waals surface area contributed by atoms with E-state index in [1.54, 1.807) is 0 Å². The Balaban J connectivity index is 1.61. The number of aromatic nitrogens is 3. The van der Waals surface area contributed by atoms with Gasteiger partial charge in [-0.25, -0.2) is 0 Å². The molecule has 0 unspecified atom stereocenters. The molecule has 0 aliphatic carbocycles. The van der Waals surface area contributed by atoms with Gasteiger partial charge in [0.25, 0.3) is 0 Å². The molecule has 0 radical (unpaired) electrons. The average molecular weight is 310 g/mol. The van der Waals surface area contributed by atoms with Gasteiger partial charge in [0, 0.05) is 42.0 Å². The van der Waals surface area contributed by atoms with Crippen LogP contribution in [0.5, 0.6) is 0 Å². The van der Waals surface area contributed by atoms with Crippen LogP contribution in [0.1, 0.15) is 55.7 Å². The van der Waals surface area contributed by atoms with Crippen LogP contribution in [0.2, 0.25) is 0 Å². The van der Waals surface area contributed by atoms with Crippen molar-refractivity contribution < 1.29 is 4.52 Å². The second-order valence-electron chi connectivity index (χ2n) is 6.67. The Hall–Kier alpha value is -2.14. The van der Waals surface area contributed by atoms with E-state index in [9.17, 15) is 0 Å². The minimum absolute atomic E-state index is 0.136. The topological polar surface area (TPSA) is 58.0 Å². The number of rotatable bonds is 3. The van der Waals surface area contributed by atoms with E-state index in [0.717, 1.165) is 31.2 Å². The van der Waals surface area contributed by atoms with Crippen molar-refractivity contribution in [2.45, 2.75) is 45.7 Å². The van der Waals surface area contributed by atoms with Gasteiger partial charge in [0.2, 0.25) is 5.89 Å². The molecule has 1 aliphatic heterocycles. The number of fused-ring (bicyclic) bond motifs is 3. The number of benzene rings is 1. The molecule has 3 heterocycles. The lowest BCUT2D eigenvalue weighted by molar-refractivity contribution is 0.158. The lowest BCUT2D eigenvalue weighted by Crippen LogP contribution is -2.32. The third-order valence-corrected chi connectivity index (χ3v) is 4.79. The summed E-state index contributed by atoms with van der Waals surface area (Å²) in [6, 6.07) is 8.66. The minimum Gasteiger partial charge on any atom is -0.358 e. The molecule has 0 spiro atoms. The van der Waals surface area contributed by atoms with Crippen molar-refractivity contribution >= 4 is 10.9 Å². The summed E-state index contributed by atoms with van der Waals surface area (Å²) in [4.78, 5) is 10.5. The van der Waals surface area contributed by atoms with Crippen molar-refractivity contribution in [3.05, 3.63) is 47.2 Å². The maximum Gasteiger partial charge on any atom is 0.243 e. The van der Waals surface area contributed by atoms with Crippen LogP contribution in [-0.4, -0.2) is 26.6 Å². The molecule has 1 aliphatic rings. The summed E-state index contributed by atoms with van der Waals surface area (Å²) >= 11 is 0. The third-order valence-electron chi connectivity index (χ3n) is 4.79. The Kier molecular flexibility index (Phi) is 3.45. The number of H-pyrrole nitrogens is 1. The Labute approximate surface area is 135 Å². The summed E-state index contributed by atoms with van der Waals surface area (Å²) in [6.07, 6.45) is 1.03. The Morgan fingerprint density at radius 1 is 1.22 bits per heavy atom. The molecule has 1 N–H and O–H groups in total. The van der Waals surface area contributed by atoms with Crippen molar-refractivity contribution in [1.29, 1.82) is 0 Å². The van der Waals surface area contributed by atoms with E-state index in [1.165, 1.54) is 22.2 Å². The molecular formula is C18H22N4O. The molecule has 0 fully saturated rings. The molecule has 1 aromatic carbocycles. The molecule has 5 nitrogen and oxygen atoms in total. The smallest absolute Gasteiger partial charge is 0.243 e. The van der Waals surface area contributed by atoms with Crippen LogP contribution in [0.4, 0.5) is 0 Å². The largest absolute Gasteiger partial charge is 0.358 e. The van der Waals surface area contributed by atoms with Crippen LogP contribution in [0.15, 0.2) is 28.8 Å².